The van der Waals surface area contributed by atoms with Gasteiger partial charge in [-0.05, 0) is 38.0 Å². The molecule has 0 spiro atoms. The summed E-state index contributed by atoms with van der Waals surface area (Å²) in [4.78, 5) is 32.7. The fourth-order valence-electron chi connectivity index (χ4n) is 5.07. The van der Waals surface area contributed by atoms with Crippen molar-refractivity contribution in [1.29, 1.82) is 0 Å². The lowest BCUT2D eigenvalue weighted by molar-refractivity contribution is 0.0677. The standard InChI is InChI=1S/C26H32N6O2/c1-30-18-21(17-28-30)25(33)27-16-19-11-14-31(15-12-19)26(34)23-22-10-6-3-7-13-32(22)24(29-23)20-8-4-2-5-9-20/h2,4-5,8-9,17-19H,3,6-7,10-16H2,1H3,(H,27,33). The van der Waals surface area contributed by atoms with E-state index in [0.717, 1.165) is 55.7 Å². The second-order valence-corrected chi connectivity index (χ2v) is 9.41. The Morgan fingerprint density at radius 3 is 2.59 bits per heavy atom. The van der Waals surface area contributed by atoms with Gasteiger partial charge < -0.3 is 14.8 Å². The molecule has 0 bridgehead atoms. The molecule has 1 fully saturated rings. The average Bonchev–Trinajstić information content (AvgIpc) is 3.38. The molecule has 5 rings (SSSR count). The van der Waals surface area contributed by atoms with Gasteiger partial charge in [0.15, 0.2) is 0 Å². The van der Waals surface area contributed by atoms with Crippen LogP contribution in [0.4, 0.5) is 0 Å². The molecule has 0 radical (unpaired) electrons. The summed E-state index contributed by atoms with van der Waals surface area (Å²) in [7, 11) is 1.80. The van der Waals surface area contributed by atoms with Crippen molar-refractivity contribution in [3.63, 3.8) is 0 Å². The molecule has 8 heteroatoms. The summed E-state index contributed by atoms with van der Waals surface area (Å²) < 4.78 is 3.90. The van der Waals surface area contributed by atoms with E-state index in [0.29, 0.717) is 36.8 Å². The second-order valence-electron chi connectivity index (χ2n) is 9.41. The fourth-order valence-corrected chi connectivity index (χ4v) is 5.07. The summed E-state index contributed by atoms with van der Waals surface area (Å²) in [5.41, 5.74) is 3.36. The summed E-state index contributed by atoms with van der Waals surface area (Å²) >= 11 is 0. The van der Waals surface area contributed by atoms with Gasteiger partial charge in [-0.25, -0.2) is 4.98 Å². The number of carbonyl (C=O) groups is 2. The molecule has 2 aromatic heterocycles. The van der Waals surface area contributed by atoms with E-state index in [9.17, 15) is 9.59 Å². The molecule has 0 unspecified atom stereocenters. The van der Waals surface area contributed by atoms with Gasteiger partial charge in [0.1, 0.15) is 11.5 Å². The van der Waals surface area contributed by atoms with Crippen LogP contribution in [0.5, 0.6) is 0 Å². The van der Waals surface area contributed by atoms with Crippen LogP contribution in [0.15, 0.2) is 42.7 Å². The minimum atomic E-state index is -0.0965. The number of benzene rings is 1. The van der Waals surface area contributed by atoms with Gasteiger partial charge in [-0.1, -0.05) is 36.8 Å². The molecule has 2 amide bonds. The summed E-state index contributed by atoms with van der Waals surface area (Å²) in [6.45, 7) is 2.92. The van der Waals surface area contributed by atoms with Gasteiger partial charge in [-0.3, -0.25) is 14.3 Å². The van der Waals surface area contributed by atoms with E-state index >= 15 is 0 Å². The molecule has 1 saturated heterocycles. The van der Waals surface area contributed by atoms with Crippen LogP contribution in [-0.2, 0) is 20.0 Å². The van der Waals surface area contributed by atoms with Crippen molar-refractivity contribution >= 4 is 11.8 Å². The number of amides is 2. The predicted octanol–water partition coefficient (Wildman–Crippen LogP) is 3.29. The lowest BCUT2D eigenvalue weighted by Crippen LogP contribution is -2.42. The van der Waals surface area contributed by atoms with Gasteiger partial charge in [0, 0.05) is 45.0 Å². The molecule has 178 valence electrons. The van der Waals surface area contributed by atoms with Crippen LogP contribution in [0, 0.1) is 5.92 Å². The first kappa shape index (κ1) is 22.4. The molecule has 3 aromatic rings. The summed E-state index contributed by atoms with van der Waals surface area (Å²) in [5, 5.41) is 7.07. The van der Waals surface area contributed by atoms with Crippen molar-refractivity contribution in [3.05, 3.63) is 59.7 Å². The number of fused-ring (bicyclic) bond motifs is 1. The first-order valence-electron chi connectivity index (χ1n) is 12.3. The molecule has 0 aliphatic carbocycles. The average molecular weight is 461 g/mol. The normalized spacial score (nSPS) is 16.7. The van der Waals surface area contributed by atoms with Crippen LogP contribution in [0.1, 0.15) is 58.6 Å². The first-order valence-corrected chi connectivity index (χ1v) is 12.3. The maximum absolute atomic E-state index is 13.6. The highest BCUT2D eigenvalue weighted by molar-refractivity contribution is 5.94. The number of hydrogen-bond acceptors (Lipinski definition) is 4. The first-order chi connectivity index (χ1) is 16.6. The molecule has 1 N–H and O–H groups in total. The third kappa shape index (κ3) is 4.62. The summed E-state index contributed by atoms with van der Waals surface area (Å²) in [6.07, 6.45) is 9.34. The van der Waals surface area contributed by atoms with Crippen molar-refractivity contribution in [2.24, 2.45) is 13.0 Å². The monoisotopic (exact) mass is 460 g/mol. The molecule has 2 aliphatic heterocycles. The van der Waals surface area contributed by atoms with E-state index in [4.69, 9.17) is 4.98 Å². The SMILES string of the molecule is Cn1cc(C(=O)NCC2CCN(C(=O)c3nc(-c4ccccc4)n4c3CCCCC4)CC2)cn1. The maximum Gasteiger partial charge on any atom is 0.274 e. The molecule has 0 saturated carbocycles. The lowest BCUT2D eigenvalue weighted by atomic mass is 9.96. The van der Waals surface area contributed by atoms with Gasteiger partial charge in [-0.2, -0.15) is 5.10 Å². The molecule has 4 heterocycles. The molecule has 0 atom stereocenters. The number of nitrogens with zero attached hydrogens (tertiary/aromatic N) is 5. The largest absolute Gasteiger partial charge is 0.352 e. The van der Waals surface area contributed by atoms with Crippen LogP contribution in [0.25, 0.3) is 11.4 Å². The topological polar surface area (TPSA) is 85.0 Å². The van der Waals surface area contributed by atoms with Crippen LogP contribution < -0.4 is 5.32 Å². The molecule has 8 nitrogen and oxygen atoms in total. The molecular formula is C26H32N6O2. The van der Waals surface area contributed by atoms with E-state index in [-0.39, 0.29) is 11.8 Å². The number of aromatic nitrogens is 4. The lowest BCUT2D eigenvalue weighted by Gasteiger charge is -2.31. The van der Waals surface area contributed by atoms with Crippen LogP contribution in [0.2, 0.25) is 0 Å². The predicted molar refractivity (Wildman–Crippen MR) is 129 cm³/mol. The van der Waals surface area contributed by atoms with Crippen molar-refractivity contribution in [2.75, 3.05) is 19.6 Å². The Hall–Kier alpha value is -3.42. The Morgan fingerprint density at radius 1 is 1.06 bits per heavy atom. The zero-order valence-corrected chi connectivity index (χ0v) is 19.7. The van der Waals surface area contributed by atoms with E-state index < -0.39 is 0 Å². The van der Waals surface area contributed by atoms with Crippen molar-refractivity contribution in [2.45, 2.75) is 45.1 Å². The van der Waals surface area contributed by atoms with Gasteiger partial charge in [0.2, 0.25) is 0 Å². The summed E-state index contributed by atoms with van der Waals surface area (Å²) in [5.74, 6) is 1.23. The van der Waals surface area contributed by atoms with Gasteiger partial charge in [0.05, 0.1) is 17.5 Å². The fraction of sp³-hybridized carbons (Fsp3) is 0.462. The highest BCUT2D eigenvalue weighted by Crippen LogP contribution is 2.29. The van der Waals surface area contributed by atoms with E-state index in [1.807, 2.05) is 23.1 Å². The summed E-state index contributed by atoms with van der Waals surface area (Å²) in [6, 6.07) is 10.2. The number of nitrogens with one attached hydrogen (secondary N) is 1. The minimum Gasteiger partial charge on any atom is -0.352 e. The number of carbonyl (C=O) groups excluding carboxylic acids is 2. The second kappa shape index (κ2) is 9.83. The molecule has 1 aromatic carbocycles. The number of rotatable bonds is 5. The Kier molecular flexibility index (Phi) is 6.47. The Bertz CT molecular complexity index is 1160. The minimum absolute atomic E-state index is 0.0469. The van der Waals surface area contributed by atoms with Crippen molar-refractivity contribution in [1.82, 2.24) is 29.5 Å². The van der Waals surface area contributed by atoms with Crippen molar-refractivity contribution in [3.8, 4) is 11.4 Å². The third-order valence-corrected chi connectivity index (χ3v) is 7.02. The highest BCUT2D eigenvalue weighted by atomic mass is 16.2. The molecule has 2 aliphatic rings. The van der Waals surface area contributed by atoms with Gasteiger partial charge in [-0.15, -0.1) is 0 Å². The van der Waals surface area contributed by atoms with E-state index in [1.165, 1.54) is 6.42 Å². The number of imidazole rings is 1. The number of hydrogen-bond donors (Lipinski definition) is 1. The van der Waals surface area contributed by atoms with Crippen LogP contribution >= 0.6 is 0 Å². The number of likely N-dealkylation sites (tertiary alicyclic amines) is 1. The van der Waals surface area contributed by atoms with Crippen LogP contribution in [0.3, 0.4) is 0 Å². The quantitative estimate of drug-likeness (QED) is 0.633. The smallest absolute Gasteiger partial charge is 0.274 e. The zero-order chi connectivity index (χ0) is 23.5. The van der Waals surface area contributed by atoms with E-state index in [2.05, 4.69) is 27.1 Å². The van der Waals surface area contributed by atoms with Crippen LogP contribution in [-0.4, -0.2) is 55.7 Å². The third-order valence-electron chi connectivity index (χ3n) is 7.02. The molecular weight excluding hydrogens is 428 g/mol. The van der Waals surface area contributed by atoms with Gasteiger partial charge >= 0.3 is 0 Å². The van der Waals surface area contributed by atoms with Crippen molar-refractivity contribution < 1.29 is 9.59 Å². The number of piperidine rings is 1. The zero-order valence-electron chi connectivity index (χ0n) is 19.7. The Balaban J connectivity index is 1.25. The Morgan fingerprint density at radius 2 is 1.85 bits per heavy atom. The number of aryl methyl sites for hydroxylation is 1. The van der Waals surface area contributed by atoms with E-state index in [1.54, 1.807) is 24.1 Å². The highest BCUT2D eigenvalue weighted by Gasteiger charge is 2.30. The Labute approximate surface area is 200 Å². The molecule has 34 heavy (non-hydrogen) atoms. The maximum atomic E-state index is 13.6. The van der Waals surface area contributed by atoms with Gasteiger partial charge in [0.25, 0.3) is 11.8 Å².